The summed E-state index contributed by atoms with van der Waals surface area (Å²) in [6, 6.07) is 1.25. The summed E-state index contributed by atoms with van der Waals surface area (Å²) in [4.78, 5) is 0. The Hall–Kier alpha value is -0.0800. The second-order valence-corrected chi connectivity index (χ2v) is 4.41. The molecule has 12 heavy (non-hydrogen) atoms. The third-order valence-corrected chi connectivity index (χ3v) is 3.74. The van der Waals surface area contributed by atoms with Crippen LogP contribution in [-0.2, 0) is 0 Å². The molecule has 0 aromatic rings. The highest BCUT2D eigenvalue weighted by Crippen LogP contribution is 2.36. The smallest absolute Gasteiger partial charge is 0.00706 e. The van der Waals surface area contributed by atoms with E-state index in [0.717, 1.165) is 24.3 Å². The second kappa shape index (κ2) is 3.35. The van der Waals surface area contributed by atoms with Gasteiger partial charge >= 0.3 is 0 Å². The van der Waals surface area contributed by atoms with Crippen molar-refractivity contribution >= 4 is 0 Å². The zero-order valence-corrected chi connectivity index (χ0v) is 7.92. The number of nitrogens with one attached hydrogen (secondary N) is 1. The highest BCUT2D eigenvalue weighted by molar-refractivity contribution is 4.94. The molecule has 0 aromatic heterocycles. The van der Waals surface area contributed by atoms with Gasteiger partial charge in [0.1, 0.15) is 0 Å². The summed E-state index contributed by atoms with van der Waals surface area (Å²) in [7, 11) is 0. The van der Waals surface area contributed by atoms with Gasteiger partial charge in [-0.05, 0) is 44.1 Å². The Labute approximate surface area is 74.9 Å². The molecule has 0 amide bonds. The molecule has 0 radical (unpaired) electrons. The van der Waals surface area contributed by atoms with Crippen molar-refractivity contribution in [3.05, 3.63) is 0 Å². The number of piperidine rings is 2. The van der Waals surface area contributed by atoms with Gasteiger partial charge in [-0.3, -0.25) is 0 Å². The minimum atomic E-state index is 0.458. The first-order valence-electron chi connectivity index (χ1n) is 5.30. The predicted molar refractivity (Wildman–Crippen MR) is 50.9 cm³/mol. The normalized spacial score (nSPS) is 43.0. The van der Waals surface area contributed by atoms with Gasteiger partial charge in [0, 0.05) is 12.1 Å². The lowest BCUT2D eigenvalue weighted by Gasteiger charge is -2.45. The fraction of sp³-hybridized carbons (Fsp3) is 1.00. The number of nitrogens with two attached hydrogens (primary N) is 1. The zero-order chi connectivity index (χ0) is 8.55. The van der Waals surface area contributed by atoms with Crippen molar-refractivity contribution in [2.75, 3.05) is 6.54 Å². The Balaban J connectivity index is 1.99. The van der Waals surface area contributed by atoms with E-state index in [0.29, 0.717) is 6.04 Å². The van der Waals surface area contributed by atoms with Gasteiger partial charge in [-0.25, -0.2) is 0 Å². The minimum absolute atomic E-state index is 0.458. The molecule has 3 fully saturated rings. The van der Waals surface area contributed by atoms with Crippen molar-refractivity contribution in [2.45, 2.75) is 44.7 Å². The molecule has 2 aliphatic heterocycles. The van der Waals surface area contributed by atoms with Crippen molar-refractivity contribution in [2.24, 2.45) is 17.6 Å². The molecule has 0 aromatic carbocycles. The van der Waals surface area contributed by atoms with Crippen molar-refractivity contribution < 1.29 is 0 Å². The molecule has 2 bridgehead atoms. The van der Waals surface area contributed by atoms with Gasteiger partial charge < -0.3 is 11.1 Å². The molecule has 3 aliphatic rings. The van der Waals surface area contributed by atoms with Gasteiger partial charge in [0.25, 0.3) is 0 Å². The highest BCUT2D eigenvalue weighted by atomic mass is 15.0. The van der Waals surface area contributed by atoms with E-state index in [1.54, 1.807) is 0 Å². The summed E-state index contributed by atoms with van der Waals surface area (Å²) in [6.07, 6.45) is 5.28. The van der Waals surface area contributed by atoms with Gasteiger partial charge in [0.15, 0.2) is 0 Å². The molecular weight excluding hydrogens is 148 g/mol. The first-order valence-corrected chi connectivity index (χ1v) is 5.30. The molecule has 2 saturated heterocycles. The van der Waals surface area contributed by atoms with Gasteiger partial charge in [0.2, 0.25) is 0 Å². The van der Waals surface area contributed by atoms with Gasteiger partial charge in [0.05, 0.1) is 0 Å². The van der Waals surface area contributed by atoms with E-state index < -0.39 is 0 Å². The number of hydrogen-bond donors (Lipinski definition) is 2. The fourth-order valence-corrected chi connectivity index (χ4v) is 2.85. The standard InChI is InChI=1S/C10H20N2/c1-2-10(11)9-5-8-4-3-7(9)6-12-8/h7-10,12H,2-6,11H2,1H3. The van der Waals surface area contributed by atoms with Gasteiger partial charge in [-0.15, -0.1) is 0 Å². The Kier molecular flexibility index (Phi) is 2.37. The van der Waals surface area contributed by atoms with Crippen molar-refractivity contribution in [1.29, 1.82) is 0 Å². The molecule has 2 nitrogen and oxygen atoms in total. The second-order valence-electron chi connectivity index (χ2n) is 4.41. The highest BCUT2D eigenvalue weighted by Gasteiger charge is 2.37. The summed E-state index contributed by atoms with van der Waals surface area (Å²) < 4.78 is 0. The lowest BCUT2D eigenvalue weighted by Crippen LogP contribution is -2.53. The Morgan fingerprint density at radius 1 is 1.50 bits per heavy atom. The van der Waals surface area contributed by atoms with Crippen LogP contribution in [0.5, 0.6) is 0 Å². The van der Waals surface area contributed by atoms with Crippen molar-refractivity contribution in [3.8, 4) is 0 Å². The first kappa shape index (κ1) is 8.52. The van der Waals surface area contributed by atoms with E-state index in [1.807, 2.05) is 0 Å². The molecule has 3 N–H and O–H groups in total. The van der Waals surface area contributed by atoms with Crippen LogP contribution >= 0.6 is 0 Å². The van der Waals surface area contributed by atoms with Crippen LogP contribution in [0, 0.1) is 11.8 Å². The fourth-order valence-electron chi connectivity index (χ4n) is 2.85. The van der Waals surface area contributed by atoms with Crippen LogP contribution in [0.15, 0.2) is 0 Å². The van der Waals surface area contributed by atoms with Crippen LogP contribution in [-0.4, -0.2) is 18.6 Å². The first-order chi connectivity index (χ1) is 5.81. The maximum Gasteiger partial charge on any atom is 0.00706 e. The number of fused-ring (bicyclic) bond motifs is 3. The van der Waals surface area contributed by atoms with Gasteiger partial charge in [-0.2, -0.15) is 0 Å². The summed E-state index contributed by atoms with van der Waals surface area (Å²) in [5.41, 5.74) is 6.11. The van der Waals surface area contributed by atoms with E-state index in [1.165, 1.54) is 25.8 Å². The largest absolute Gasteiger partial charge is 0.327 e. The van der Waals surface area contributed by atoms with E-state index in [2.05, 4.69) is 12.2 Å². The molecule has 1 saturated carbocycles. The molecule has 3 rings (SSSR count). The molecule has 2 heterocycles. The van der Waals surface area contributed by atoms with Crippen LogP contribution in [0.4, 0.5) is 0 Å². The average Bonchev–Trinajstić information content (AvgIpc) is 2.18. The van der Waals surface area contributed by atoms with Crippen LogP contribution < -0.4 is 11.1 Å². The predicted octanol–water partition coefficient (Wildman–Crippen LogP) is 1.11. The van der Waals surface area contributed by atoms with Gasteiger partial charge in [-0.1, -0.05) is 6.92 Å². The molecule has 70 valence electrons. The monoisotopic (exact) mass is 168 g/mol. The minimum Gasteiger partial charge on any atom is -0.327 e. The molecule has 1 aliphatic carbocycles. The number of hydrogen-bond acceptors (Lipinski definition) is 2. The Morgan fingerprint density at radius 2 is 2.33 bits per heavy atom. The summed E-state index contributed by atoms with van der Waals surface area (Å²) in [6.45, 7) is 3.43. The Bertz CT molecular complexity index is 150. The SMILES string of the molecule is CCC(N)C1CC2CCC1CN2. The molecule has 4 unspecified atom stereocenters. The maximum atomic E-state index is 6.11. The lowest BCUT2D eigenvalue weighted by atomic mass is 9.70. The third-order valence-electron chi connectivity index (χ3n) is 3.74. The topological polar surface area (TPSA) is 38.0 Å². The van der Waals surface area contributed by atoms with Crippen LogP contribution in [0.25, 0.3) is 0 Å². The lowest BCUT2D eigenvalue weighted by molar-refractivity contribution is 0.110. The van der Waals surface area contributed by atoms with E-state index in [-0.39, 0.29) is 0 Å². The molecular formula is C10H20N2. The molecule has 2 heteroatoms. The maximum absolute atomic E-state index is 6.11. The quantitative estimate of drug-likeness (QED) is 0.648. The van der Waals surface area contributed by atoms with E-state index >= 15 is 0 Å². The van der Waals surface area contributed by atoms with Crippen LogP contribution in [0.2, 0.25) is 0 Å². The summed E-state index contributed by atoms with van der Waals surface area (Å²) in [5.74, 6) is 1.69. The zero-order valence-electron chi connectivity index (χ0n) is 7.92. The van der Waals surface area contributed by atoms with E-state index in [4.69, 9.17) is 5.73 Å². The third kappa shape index (κ3) is 1.38. The molecule has 4 atom stereocenters. The molecule has 0 spiro atoms. The van der Waals surface area contributed by atoms with Crippen LogP contribution in [0.3, 0.4) is 0 Å². The summed E-state index contributed by atoms with van der Waals surface area (Å²) in [5, 5.41) is 3.57. The average molecular weight is 168 g/mol. The van der Waals surface area contributed by atoms with Crippen molar-refractivity contribution in [3.63, 3.8) is 0 Å². The summed E-state index contributed by atoms with van der Waals surface area (Å²) >= 11 is 0. The van der Waals surface area contributed by atoms with Crippen LogP contribution in [0.1, 0.15) is 32.6 Å². The number of rotatable bonds is 2. The van der Waals surface area contributed by atoms with E-state index in [9.17, 15) is 0 Å². The van der Waals surface area contributed by atoms with Crippen molar-refractivity contribution in [1.82, 2.24) is 5.32 Å². The Morgan fingerprint density at radius 3 is 2.75 bits per heavy atom.